The topological polar surface area (TPSA) is 77.4 Å². The van der Waals surface area contributed by atoms with Crippen LogP contribution in [0.5, 0.6) is 5.75 Å². The summed E-state index contributed by atoms with van der Waals surface area (Å²) < 4.78 is 20.6. The number of hydrogen-bond acceptors (Lipinski definition) is 5. The molecule has 7 heteroatoms. The lowest BCUT2D eigenvalue weighted by atomic mass is 9.96. The standard InChI is InChI=1S/C26H25FN4O2/c1-13-31(2)23-9-15(5-6-24(23)33-13)14-3-4-16(21(27)8-14)7-17(12-28)29-26(32)25-20-11-22(30-25)19-10-18(19)20/h3-6,8-9,17-20,22,25,30H,1,7,10-11H2,2H3,(H,29,32)/t17-,18+,19-,20+,22-,25-/m0/s1. The Kier molecular flexibility index (Phi) is 4.49. The second-order valence-corrected chi connectivity index (χ2v) is 9.65. The van der Waals surface area contributed by atoms with E-state index < -0.39 is 11.9 Å². The van der Waals surface area contributed by atoms with Crippen LogP contribution in [0, 0.1) is 34.9 Å². The van der Waals surface area contributed by atoms with Crippen LogP contribution in [0.4, 0.5) is 10.1 Å². The number of halogens is 1. The number of nitrogens with one attached hydrogen (secondary N) is 2. The number of benzene rings is 2. The molecule has 4 aliphatic rings. The fourth-order valence-corrected chi connectivity index (χ4v) is 5.91. The minimum Gasteiger partial charge on any atom is -0.439 e. The zero-order chi connectivity index (χ0) is 22.9. The lowest BCUT2D eigenvalue weighted by molar-refractivity contribution is -0.124. The Morgan fingerprint density at radius 1 is 1.27 bits per heavy atom. The molecule has 6 nitrogen and oxygen atoms in total. The van der Waals surface area contributed by atoms with Gasteiger partial charge in [-0.3, -0.25) is 4.79 Å². The monoisotopic (exact) mass is 444 g/mol. The van der Waals surface area contributed by atoms with Crippen molar-refractivity contribution in [3.8, 4) is 22.9 Å². The molecule has 0 aromatic heterocycles. The molecule has 6 atom stereocenters. The Labute approximate surface area is 192 Å². The van der Waals surface area contributed by atoms with Crippen LogP contribution in [0.3, 0.4) is 0 Å². The van der Waals surface area contributed by atoms with Gasteiger partial charge >= 0.3 is 0 Å². The summed E-state index contributed by atoms with van der Waals surface area (Å²) in [4.78, 5) is 14.6. The van der Waals surface area contributed by atoms with E-state index in [9.17, 15) is 14.4 Å². The third kappa shape index (κ3) is 3.28. The molecule has 33 heavy (non-hydrogen) atoms. The largest absolute Gasteiger partial charge is 0.439 e. The van der Waals surface area contributed by atoms with Gasteiger partial charge in [-0.15, -0.1) is 0 Å². The van der Waals surface area contributed by atoms with Crippen molar-refractivity contribution in [2.45, 2.75) is 37.4 Å². The molecule has 2 aromatic rings. The number of fused-ring (bicyclic) bond motifs is 6. The number of rotatable bonds is 5. The minimum atomic E-state index is -0.773. The van der Waals surface area contributed by atoms with Gasteiger partial charge in [-0.05, 0) is 72.1 Å². The first-order valence-electron chi connectivity index (χ1n) is 11.4. The summed E-state index contributed by atoms with van der Waals surface area (Å²) in [6.07, 6.45) is 2.40. The third-order valence-electron chi connectivity index (χ3n) is 7.79. The van der Waals surface area contributed by atoms with Crippen molar-refractivity contribution in [3.63, 3.8) is 0 Å². The van der Waals surface area contributed by atoms with Crippen LogP contribution in [-0.2, 0) is 11.2 Å². The molecule has 2 aromatic carbocycles. The van der Waals surface area contributed by atoms with Crippen molar-refractivity contribution in [2.24, 2.45) is 17.8 Å². The van der Waals surface area contributed by atoms with E-state index in [1.54, 1.807) is 6.07 Å². The van der Waals surface area contributed by atoms with Crippen molar-refractivity contribution in [2.75, 3.05) is 11.9 Å². The summed E-state index contributed by atoms with van der Waals surface area (Å²) in [7, 11) is 1.87. The first-order valence-corrected chi connectivity index (χ1v) is 11.4. The summed E-state index contributed by atoms with van der Waals surface area (Å²) in [5.41, 5.74) is 2.87. The molecule has 168 valence electrons. The molecule has 6 rings (SSSR count). The van der Waals surface area contributed by atoms with E-state index in [2.05, 4.69) is 23.3 Å². The Bertz CT molecular complexity index is 1220. The van der Waals surface area contributed by atoms with E-state index in [1.165, 1.54) is 12.5 Å². The van der Waals surface area contributed by atoms with Crippen LogP contribution < -0.4 is 20.3 Å². The summed E-state index contributed by atoms with van der Waals surface area (Å²) in [5.74, 6) is 2.53. The summed E-state index contributed by atoms with van der Waals surface area (Å²) in [6, 6.07) is 12.3. The van der Waals surface area contributed by atoms with Gasteiger partial charge in [0.1, 0.15) is 11.9 Å². The van der Waals surface area contributed by atoms with Gasteiger partial charge < -0.3 is 20.3 Å². The number of amides is 1. The van der Waals surface area contributed by atoms with Gasteiger partial charge in [0.25, 0.3) is 0 Å². The molecule has 2 bridgehead atoms. The molecule has 1 amide bonds. The first-order chi connectivity index (χ1) is 15.9. The Balaban J connectivity index is 1.15. The minimum absolute atomic E-state index is 0.127. The fraction of sp³-hybridized carbons (Fsp3) is 0.385. The Hall–Kier alpha value is -3.37. The zero-order valence-electron chi connectivity index (χ0n) is 18.3. The highest BCUT2D eigenvalue weighted by Crippen LogP contribution is 2.59. The number of ether oxygens (including phenoxy) is 1. The number of nitriles is 1. The highest BCUT2D eigenvalue weighted by molar-refractivity contribution is 5.83. The quantitative estimate of drug-likeness (QED) is 0.740. The fourth-order valence-electron chi connectivity index (χ4n) is 5.91. The van der Waals surface area contributed by atoms with Crippen molar-refractivity contribution < 1.29 is 13.9 Å². The van der Waals surface area contributed by atoms with E-state index in [0.29, 0.717) is 29.3 Å². The highest BCUT2D eigenvalue weighted by atomic mass is 19.1. The van der Waals surface area contributed by atoms with Gasteiger partial charge in [-0.2, -0.15) is 5.26 Å². The Morgan fingerprint density at radius 3 is 2.79 bits per heavy atom. The number of carbonyl (C=O) groups is 1. The predicted molar refractivity (Wildman–Crippen MR) is 122 cm³/mol. The second kappa shape index (κ2) is 7.32. The maximum Gasteiger partial charge on any atom is 0.238 e. The number of nitrogens with zero attached hydrogens (tertiary/aromatic N) is 2. The summed E-state index contributed by atoms with van der Waals surface area (Å²) in [5, 5.41) is 15.9. The van der Waals surface area contributed by atoms with Crippen molar-refractivity contribution in [1.29, 1.82) is 5.26 Å². The van der Waals surface area contributed by atoms with Crippen LogP contribution in [0.2, 0.25) is 0 Å². The molecule has 2 aliphatic carbocycles. The maximum atomic E-state index is 15.0. The van der Waals surface area contributed by atoms with Gasteiger partial charge in [-0.1, -0.05) is 18.2 Å². The van der Waals surface area contributed by atoms with Gasteiger partial charge in [0.2, 0.25) is 5.91 Å². The molecule has 2 saturated carbocycles. The lowest BCUT2D eigenvalue weighted by Gasteiger charge is -2.23. The average Bonchev–Trinajstić information content (AvgIpc) is 3.29. The molecule has 0 radical (unpaired) electrons. The van der Waals surface area contributed by atoms with E-state index >= 15 is 0 Å². The molecule has 2 N–H and O–H groups in total. The van der Waals surface area contributed by atoms with Crippen molar-refractivity contribution in [3.05, 3.63) is 60.2 Å². The molecule has 1 saturated heterocycles. The third-order valence-corrected chi connectivity index (χ3v) is 7.79. The molecule has 3 fully saturated rings. The number of carbonyl (C=O) groups excluding carboxylic acids is 1. The number of piperidine rings is 1. The lowest BCUT2D eigenvalue weighted by Crippen LogP contribution is -2.51. The van der Waals surface area contributed by atoms with Crippen LogP contribution >= 0.6 is 0 Å². The SMILES string of the molecule is C=C1Oc2ccc(-c3ccc(C[C@@H](C#N)NC(=O)[C@H]4N[C@H]5C[C@@H]4[C@@H]4C[C@@H]45)c(F)c3)cc2N1C. The maximum absolute atomic E-state index is 15.0. The molecular formula is C26H25FN4O2. The molecule has 2 heterocycles. The van der Waals surface area contributed by atoms with Gasteiger partial charge in [0.15, 0.2) is 11.6 Å². The molecular weight excluding hydrogens is 419 g/mol. The van der Waals surface area contributed by atoms with Crippen molar-refractivity contribution in [1.82, 2.24) is 10.6 Å². The number of hydrogen-bond donors (Lipinski definition) is 2. The van der Waals surface area contributed by atoms with Gasteiger partial charge in [0.05, 0.1) is 17.8 Å². The first kappa shape index (κ1) is 20.3. The molecule has 0 unspecified atom stereocenters. The van der Waals surface area contributed by atoms with Gasteiger partial charge in [0, 0.05) is 19.5 Å². The predicted octanol–water partition coefficient (Wildman–Crippen LogP) is 3.34. The smallest absolute Gasteiger partial charge is 0.238 e. The normalized spacial score (nSPS) is 29.2. The summed E-state index contributed by atoms with van der Waals surface area (Å²) >= 11 is 0. The Morgan fingerprint density at radius 2 is 2.06 bits per heavy atom. The van der Waals surface area contributed by atoms with Crippen LogP contribution in [0.1, 0.15) is 18.4 Å². The van der Waals surface area contributed by atoms with Crippen LogP contribution in [0.25, 0.3) is 11.1 Å². The number of anilines is 1. The molecule has 0 spiro atoms. The molecule has 2 aliphatic heterocycles. The van der Waals surface area contributed by atoms with E-state index in [0.717, 1.165) is 34.9 Å². The average molecular weight is 445 g/mol. The van der Waals surface area contributed by atoms with Crippen LogP contribution in [-0.4, -0.2) is 31.1 Å². The zero-order valence-corrected chi connectivity index (χ0v) is 18.3. The van der Waals surface area contributed by atoms with E-state index in [1.807, 2.05) is 36.2 Å². The highest BCUT2D eigenvalue weighted by Gasteiger charge is 2.62. The summed E-state index contributed by atoms with van der Waals surface area (Å²) in [6.45, 7) is 3.86. The van der Waals surface area contributed by atoms with E-state index in [4.69, 9.17) is 4.74 Å². The second-order valence-electron chi connectivity index (χ2n) is 9.65. The van der Waals surface area contributed by atoms with Gasteiger partial charge in [-0.25, -0.2) is 4.39 Å². The van der Waals surface area contributed by atoms with Crippen LogP contribution in [0.15, 0.2) is 48.9 Å². The van der Waals surface area contributed by atoms with Crippen molar-refractivity contribution >= 4 is 11.6 Å². The van der Waals surface area contributed by atoms with E-state index in [-0.39, 0.29) is 18.4 Å².